The number of aromatic nitrogens is 3. The fourth-order valence-electron chi connectivity index (χ4n) is 3.63. The molecule has 8 nitrogen and oxygen atoms in total. The first-order chi connectivity index (χ1) is 15.1. The van der Waals surface area contributed by atoms with Gasteiger partial charge in [-0.05, 0) is 43.3 Å². The summed E-state index contributed by atoms with van der Waals surface area (Å²) in [5, 5.41) is 2.83. The molecule has 0 bridgehead atoms. The smallest absolute Gasteiger partial charge is 0.335 e. The van der Waals surface area contributed by atoms with E-state index in [0.29, 0.717) is 47.3 Å². The molecule has 0 radical (unpaired) electrons. The van der Waals surface area contributed by atoms with Gasteiger partial charge in [-0.1, -0.05) is 17.7 Å². The van der Waals surface area contributed by atoms with Crippen molar-refractivity contribution in [2.24, 2.45) is 0 Å². The number of hydrogen-bond donors (Lipinski definition) is 1. The quantitative estimate of drug-likeness (QED) is 0.553. The van der Waals surface area contributed by atoms with E-state index in [-0.39, 0.29) is 18.1 Å². The number of carbonyl (C=O) groups is 1. The van der Waals surface area contributed by atoms with E-state index in [0.717, 1.165) is 5.56 Å². The second-order valence-electron chi connectivity index (χ2n) is 7.29. The Balaban J connectivity index is 1.47. The number of imidazole rings is 1. The fraction of sp³-hybridized carbons (Fsp3) is 0.174. The molecule has 0 spiro atoms. The Morgan fingerprint density at radius 1 is 1.06 bits per heavy atom. The van der Waals surface area contributed by atoms with Crippen molar-refractivity contribution in [2.75, 3.05) is 18.5 Å². The third-order valence-electron chi connectivity index (χ3n) is 5.11. The normalized spacial score (nSPS) is 12.7. The van der Waals surface area contributed by atoms with Gasteiger partial charge in [0.1, 0.15) is 19.8 Å². The van der Waals surface area contributed by atoms with Gasteiger partial charge in [0.15, 0.2) is 17.1 Å². The molecule has 1 aliphatic rings. The van der Waals surface area contributed by atoms with Crippen LogP contribution in [0.1, 0.15) is 5.56 Å². The summed E-state index contributed by atoms with van der Waals surface area (Å²) >= 11 is 0. The van der Waals surface area contributed by atoms with Crippen molar-refractivity contribution in [3.05, 3.63) is 76.8 Å². The average Bonchev–Trinajstić information content (AvgIpc) is 3.06. The third-order valence-corrected chi connectivity index (χ3v) is 5.11. The van der Waals surface area contributed by atoms with Crippen molar-refractivity contribution in [3.8, 4) is 17.2 Å². The Morgan fingerprint density at radius 2 is 1.84 bits per heavy atom. The van der Waals surface area contributed by atoms with Gasteiger partial charge in [-0.25, -0.2) is 14.3 Å². The number of amides is 1. The highest BCUT2D eigenvalue weighted by Gasteiger charge is 2.18. The van der Waals surface area contributed by atoms with Gasteiger partial charge in [0.05, 0.1) is 11.2 Å². The van der Waals surface area contributed by atoms with Crippen LogP contribution in [0.4, 0.5) is 5.69 Å². The van der Waals surface area contributed by atoms with Crippen LogP contribution in [-0.4, -0.2) is 33.2 Å². The van der Waals surface area contributed by atoms with Gasteiger partial charge < -0.3 is 14.8 Å². The molecule has 0 saturated heterocycles. The van der Waals surface area contributed by atoms with Crippen LogP contribution >= 0.6 is 0 Å². The highest BCUT2D eigenvalue weighted by Crippen LogP contribution is 2.32. The molecular weight excluding hydrogens is 396 g/mol. The Morgan fingerprint density at radius 3 is 2.65 bits per heavy atom. The number of anilines is 1. The molecule has 0 fully saturated rings. The number of nitrogens with one attached hydrogen (secondary N) is 1. The van der Waals surface area contributed by atoms with E-state index in [9.17, 15) is 9.59 Å². The summed E-state index contributed by atoms with van der Waals surface area (Å²) in [5.41, 5.74) is 3.13. The maximum Gasteiger partial charge on any atom is 0.335 e. The molecule has 3 heterocycles. The van der Waals surface area contributed by atoms with Crippen molar-refractivity contribution in [2.45, 2.75) is 13.5 Å². The number of fused-ring (bicyclic) bond motifs is 2. The molecule has 2 aromatic carbocycles. The molecule has 31 heavy (non-hydrogen) atoms. The second-order valence-corrected chi connectivity index (χ2v) is 7.29. The van der Waals surface area contributed by atoms with Gasteiger partial charge >= 0.3 is 5.69 Å². The first kappa shape index (κ1) is 18.9. The summed E-state index contributed by atoms with van der Waals surface area (Å²) < 4.78 is 14.0. The van der Waals surface area contributed by atoms with Crippen LogP contribution in [0.3, 0.4) is 0 Å². The van der Waals surface area contributed by atoms with Crippen molar-refractivity contribution in [1.29, 1.82) is 0 Å². The molecule has 1 aliphatic heterocycles. The first-order valence-electron chi connectivity index (χ1n) is 9.93. The van der Waals surface area contributed by atoms with Crippen LogP contribution in [0.2, 0.25) is 0 Å². The van der Waals surface area contributed by atoms with Crippen molar-refractivity contribution >= 4 is 22.8 Å². The largest absolute Gasteiger partial charge is 0.486 e. The zero-order valence-corrected chi connectivity index (χ0v) is 16.9. The van der Waals surface area contributed by atoms with Crippen LogP contribution in [0.5, 0.6) is 11.5 Å². The molecule has 0 atom stereocenters. The molecule has 0 aliphatic carbocycles. The summed E-state index contributed by atoms with van der Waals surface area (Å²) in [7, 11) is 0. The maximum atomic E-state index is 13.2. The molecule has 8 heteroatoms. The van der Waals surface area contributed by atoms with E-state index >= 15 is 0 Å². The topological polar surface area (TPSA) is 87.4 Å². The molecular formula is C23H20N4O4. The Labute approximate surface area is 177 Å². The molecule has 0 saturated carbocycles. The molecule has 0 unspecified atom stereocenters. The lowest BCUT2D eigenvalue weighted by Crippen LogP contribution is -2.29. The lowest BCUT2D eigenvalue weighted by molar-refractivity contribution is -0.116. The first-order valence-corrected chi connectivity index (χ1v) is 9.93. The number of aryl methyl sites for hydroxylation is 1. The summed E-state index contributed by atoms with van der Waals surface area (Å²) in [4.78, 5) is 30.4. The molecule has 5 rings (SSSR count). The highest BCUT2D eigenvalue weighted by atomic mass is 16.6. The SMILES string of the molecule is Cc1ccc(-n2c(=O)n(CC(=O)Nc3ccc4c(c3)OCCO4)c3cccnc32)cc1. The van der Waals surface area contributed by atoms with Crippen LogP contribution in [-0.2, 0) is 11.3 Å². The molecule has 2 aromatic heterocycles. The van der Waals surface area contributed by atoms with Gasteiger partial charge in [0, 0.05) is 18.0 Å². The average molecular weight is 416 g/mol. The Bertz CT molecular complexity index is 1340. The summed E-state index contributed by atoms with van der Waals surface area (Å²) in [6.45, 7) is 2.80. The maximum absolute atomic E-state index is 13.2. The van der Waals surface area contributed by atoms with E-state index in [4.69, 9.17) is 9.47 Å². The van der Waals surface area contributed by atoms with Crippen molar-refractivity contribution < 1.29 is 14.3 Å². The molecule has 1 N–H and O–H groups in total. The highest BCUT2D eigenvalue weighted by molar-refractivity contribution is 5.92. The third kappa shape index (κ3) is 3.52. The lowest BCUT2D eigenvalue weighted by atomic mass is 10.2. The van der Waals surface area contributed by atoms with Gasteiger partial charge in [-0.3, -0.25) is 9.36 Å². The number of pyridine rings is 1. The van der Waals surface area contributed by atoms with Gasteiger partial charge in [0.25, 0.3) is 0 Å². The van der Waals surface area contributed by atoms with Crippen LogP contribution in [0.15, 0.2) is 65.6 Å². The van der Waals surface area contributed by atoms with Gasteiger partial charge in [-0.2, -0.15) is 0 Å². The van der Waals surface area contributed by atoms with Crippen molar-refractivity contribution in [3.63, 3.8) is 0 Å². The molecule has 4 aromatic rings. The predicted octanol–water partition coefficient (Wildman–Crippen LogP) is 2.91. The number of hydrogen-bond acceptors (Lipinski definition) is 5. The summed E-state index contributed by atoms with van der Waals surface area (Å²) in [6, 6.07) is 16.3. The number of nitrogens with zero attached hydrogens (tertiary/aromatic N) is 3. The van der Waals surface area contributed by atoms with E-state index < -0.39 is 0 Å². The summed E-state index contributed by atoms with van der Waals surface area (Å²) in [5.74, 6) is 0.902. The standard InChI is InChI=1S/C23H20N4O4/c1-15-4-7-17(8-5-15)27-22-18(3-2-10-24-22)26(23(27)29)14-21(28)25-16-6-9-19-20(13-16)31-12-11-30-19/h2-10,13H,11-12,14H2,1H3,(H,25,28). The lowest BCUT2D eigenvalue weighted by Gasteiger charge is -2.19. The van der Waals surface area contributed by atoms with Gasteiger partial charge in [-0.15, -0.1) is 0 Å². The van der Waals surface area contributed by atoms with Crippen LogP contribution in [0.25, 0.3) is 16.9 Å². The zero-order chi connectivity index (χ0) is 21.4. The minimum absolute atomic E-state index is 0.145. The van der Waals surface area contributed by atoms with E-state index in [1.165, 1.54) is 9.13 Å². The number of benzene rings is 2. The minimum atomic E-state index is -0.328. The van der Waals surface area contributed by atoms with Crippen LogP contribution < -0.4 is 20.5 Å². The monoisotopic (exact) mass is 416 g/mol. The predicted molar refractivity (Wildman–Crippen MR) is 116 cm³/mol. The number of ether oxygens (including phenoxy) is 2. The van der Waals surface area contributed by atoms with E-state index in [1.54, 1.807) is 36.5 Å². The molecule has 1 amide bonds. The summed E-state index contributed by atoms with van der Waals surface area (Å²) in [6.07, 6.45) is 1.63. The number of rotatable bonds is 4. The van der Waals surface area contributed by atoms with E-state index in [2.05, 4.69) is 10.3 Å². The Kier molecular flexibility index (Phi) is 4.66. The van der Waals surface area contributed by atoms with Gasteiger partial charge in [0.2, 0.25) is 5.91 Å². The minimum Gasteiger partial charge on any atom is -0.486 e. The zero-order valence-electron chi connectivity index (χ0n) is 16.9. The van der Waals surface area contributed by atoms with E-state index in [1.807, 2.05) is 31.2 Å². The number of carbonyl (C=O) groups excluding carboxylic acids is 1. The Hall–Kier alpha value is -4.07. The fourth-order valence-corrected chi connectivity index (χ4v) is 3.63. The molecule has 156 valence electrons. The second kappa shape index (κ2) is 7.64. The van der Waals surface area contributed by atoms with Crippen LogP contribution in [0, 0.1) is 6.92 Å². The van der Waals surface area contributed by atoms with Crippen molar-refractivity contribution in [1.82, 2.24) is 14.1 Å².